The zero-order valence-corrected chi connectivity index (χ0v) is 17.2. The third kappa shape index (κ3) is 5.86. The van der Waals surface area contributed by atoms with Crippen LogP contribution in [0.4, 0.5) is 5.69 Å². The fraction of sp³-hybridized carbons (Fsp3) is 0.391. The van der Waals surface area contributed by atoms with Crippen LogP contribution in [0.5, 0.6) is 0 Å². The van der Waals surface area contributed by atoms with Crippen molar-refractivity contribution in [3.63, 3.8) is 0 Å². The first-order valence-corrected chi connectivity index (χ1v) is 11.0. The van der Waals surface area contributed by atoms with Crippen molar-refractivity contribution < 1.29 is 9.59 Å². The molecule has 1 aliphatic carbocycles. The van der Waals surface area contributed by atoms with Crippen LogP contribution in [0.25, 0.3) is 0 Å². The minimum atomic E-state index is -0.153. The highest BCUT2D eigenvalue weighted by molar-refractivity contribution is 8.00. The van der Waals surface area contributed by atoms with E-state index in [0.29, 0.717) is 17.2 Å². The van der Waals surface area contributed by atoms with Crippen molar-refractivity contribution in [1.29, 1.82) is 0 Å². The van der Waals surface area contributed by atoms with Crippen molar-refractivity contribution >= 4 is 29.3 Å². The van der Waals surface area contributed by atoms with Crippen molar-refractivity contribution in [1.82, 2.24) is 5.32 Å². The smallest absolute Gasteiger partial charge is 0.256 e. The number of benzene rings is 2. The van der Waals surface area contributed by atoms with E-state index in [1.165, 1.54) is 43.9 Å². The van der Waals surface area contributed by atoms with Gasteiger partial charge >= 0.3 is 0 Å². The molecule has 1 aliphatic rings. The minimum absolute atomic E-state index is 0.0321. The molecule has 148 valence electrons. The van der Waals surface area contributed by atoms with Crippen LogP contribution in [-0.4, -0.2) is 24.1 Å². The number of rotatable bonds is 7. The molecule has 0 unspecified atom stereocenters. The number of para-hydroxylation sites is 1. The lowest BCUT2D eigenvalue weighted by atomic mass is 9.89. The molecule has 0 aromatic heterocycles. The van der Waals surface area contributed by atoms with Gasteiger partial charge in [0.1, 0.15) is 0 Å². The van der Waals surface area contributed by atoms with Crippen LogP contribution in [0, 0.1) is 12.8 Å². The molecule has 28 heavy (non-hydrogen) atoms. The summed E-state index contributed by atoms with van der Waals surface area (Å²) in [6, 6.07) is 15.1. The number of nitrogens with one attached hydrogen (secondary N) is 2. The van der Waals surface area contributed by atoms with Gasteiger partial charge in [0.05, 0.1) is 11.3 Å². The SMILES string of the molecule is Cc1ccccc1NC(=O)c1ccccc1SCC(=O)NCC1CCCCC1. The Kier molecular flexibility index (Phi) is 7.54. The molecule has 2 aromatic carbocycles. The summed E-state index contributed by atoms with van der Waals surface area (Å²) in [6.07, 6.45) is 6.31. The van der Waals surface area contributed by atoms with Gasteiger partial charge in [-0.15, -0.1) is 11.8 Å². The molecule has 0 heterocycles. The van der Waals surface area contributed by atoms with Gasteiger partial charge in [-0.25, -0.2) is 0 Å². The highest BCUT2D eigenvalue weighted by Gasteiger charge is 2.16. The van der Waals surface area contributed by atoms with Crippen molar-refractivity contribution in [3.05, 3.63) is 59.7 Å². The Morgan fingerprint density at radius 3 is 2.50 bits per heavy atom. The first kappa shape index (κ1) is 20.5. The maximum absolute atomic E-state index is 12.7. The number of anilines is 1. The molecule has 1 saturated carbocycles. The van der Waals surface area contributed by atoms with E-state index in [2.05, 4.69) is 10.6 Å². The van der Waals surface area contributed by atoms with Gasteiger partial charge in [0.2, 0.25) is 5.91 Å². The third-order valence-corrected chi connectivity index (χ3v) is 6.27. The fourth-order valence-corrected chi connectivity index (χ4v) is 4.41. The molecule has 1 fully saturated rings. The highest BCUT2D eigenvalue weighted by atomic mass is 32.2. The molecule has 0 bridgehead atoms. The topological polar surface area (TPSA) is 58.2 Å². The Hall–Kier alpha value is -2.27. The summed E-state index contributed by atoms with van der Waals surface area (Å²) in [5, 5.41) is 6.03. The van der Waals surface area contributed by atoms with E-state index in [4.69, 9.17) is 0 Å². The largest absolute Gasteiger partial charge is 0.355 e. The second-order valence-corrected chi connectivity index (χ2v) is 8.38. The first-order chi connectivity index (χ1) is 13.6. The number of amides is 2. The summed E-state index contributed by atoms with van der Waals surface area (Å²) in [7, 11) is 0. The van der Waals surface area contributed by atoms with Crippen LogP contribution in [0.3, 0.4) is 0 Å². The molecule has 0 atom stereocenters. The highest BCUT2D eigenvalue weighted by Crippen LogP contribution is 2.25. The van der Waals surface area contributed by atoms with Gasteiger partial charge in [-0.1, -0.05) is 49.6 Å². The van der Waals surface area contributed by atoms with Crippen LogP contribution in [0.2, 0.25) is 0 Å². The van der Waals surface area contributed by atoms with Crippen LogP contribution >= 0.6 is 11.8 Å². The summed E-state index contributed by atoms with van der Waals surface area (Å²) < 4.78 is 0. The fourth-order valence-electron chi connectivity index (χ4n) is 3.53. The first-order valence-electron chi connectivity index (χ1n) is 9.99. The number of carbonyl (C=O) groups is 2. The monoisotopic (exact) mass is 396 g/mol. The van der Waals surface area contributed by atoms with E-state index in [-0.39, 0.29) is 11.8 Å². The number of hydrogen-bond acceptors (Lipinski definition) is 3. The van der Waals surface area contributed by atoms with Gasteiger partial charge in [-0.05, 0) is 49.4 Å². The van der Waals surface area contributed by atoms with Crippen molar-refractivity contribution in [2.45, 2.75) is 43.9 Å². The minimum Gasteiger partial charge on any atom is -0.355 e. The van der Waals surface area contributed by atoms with Crippen molar-refractivity contribution in [2.24, 2.45) is 5.92 Å². The molecule has 0 aliphatic heterocycles. The number of carbonyl (C=O) groups excluding carboxylic acids is 2. The number of hydrogen-bond donors (Lipinski definition) is 2. The molecule has 2 N–H and O–H groups in total. The van der Waals surface area contributed by atoms with Crippen LogP contribution in [-0.2, 0) is 4.79 Å². The average molecular weight is 397 g/mol. The molecule has 0 radical (unpaired) electrons. The molecule has 2 amide bonds. The molecular formula is C23H28N2O2S. The maximum Gasteiger partial charge on any atom is 0.256 e. The van der Waals surface area contributed by atoms with E-state index in [1.807, 2.05) is 49.4 Å². The van der Waals surface area contributed by atoms with E-state index in [1.54, 1.807) is 6.07 Å². The Labute approximate surface area is 171 Å². The number of thioether (sulfide) groups is 1. The lowest BCUT2D eigenvalue weighted by Crippen LogP contribution is -2.31. The Bertz CT molecular complexity index is 816. The Morgan fingerprint density at radius 2 is 1.71 bits per heavy atom. The summed E-state index contributed by atoms with van der Waals surface area (Å²) in [5.74, 6) is 0.820. The Morgan fingerprint density at radius 1 is 1.00 bits per heavy atom. The van der Waals surface area contributed by atoms with Gasteiger partial charge in [0.25, 0.3) is 5.91 Å². The molecule has 0 spiro atoms. The van der Waals surface area contributed by atoms with Crippen LogP contribution in [0.1, 0.15) is 48.0 Å². The third-order valence-electron chi connectivity index (χ3n) is 5.20. The zero-order chi connectivity index (χ0) is 19.8. The Balaban J connectivity index is 1.55. The average Bonchev–Trinajstić information content (AvgIpc) is 2.73. The standard InChI is InChI=1S/C23H28N2O2S/c1-17-9-5-7-13-20(17)25-23(27)19-12-6-8-14-21(19)28-16-22(26)24-15-18-10-3-2-4-11-18/h5-9,12-14,18H,2-4,10-11,15-16H2,1H3,(H,24,26)(H,25,27). The predicted octanol–water partition coefficient (Wildman–Crippen LogP) is 5.04. The molecule has 0 saturated heterocycles. The summed E-state index contributed by atoms with van der Waals surface area (Å²) in [6.45, 7) is 2.74. The summed E-state index contributed by atoms with van der Waals surface area (Å²) in [4.78, 5) is 25.8. The van der Waals surface area contributed by atoms with Crippen molar-refractivity contribution in [3.8, 4) is 0 Å². The van der Waals surface area contributed by atoms with Gasteiger partial charge in [0, 0.05) is 17.1 Å². The van der Waals surface area contributed by atoms with E-state index >= 15 is 0 Å². The van der Waals surface area contributed by atoms with E-state index in [9.17, 15) is 9.59 Å². The maximum atomic E-state index is 12.7. The van der Waals surface area contributed by atoms with E-state index in [0.717, 1.165) is 22.7 Å². The summed E-state index contributed by atoms with van der Waals surface area (Å²) in [5.41, 5.74) is 2.41. The second-order valence-electron chi connectivity index (χ2n) is 7.36. The number of aryl methyl sites for hydroxylation is 1. The van der Waals surface area contributed by atoms with Gasteiger partial charge in [-0.2, -0.15) is 0 Å². The van der Waals surface area contributed by atoms with Gasteiger partial charge < -0.3 is 10.6 Å². The van der Waals surface area contributed by atoms with Gasteiger partial charge in [-0.3, -0.25) is 9.59 Å². The lowest BCUT2D eigenvalue weighted by Gasteiger charge is -2.21. The lowest BCUT2D eigenvalue weighted by molar-refractivity contribution is -0.118. The molecule has 4 nitrogen and oxygen atoms in total. The normalized spacial score (nSPS) is 14.5. The second kappa shape index (κ2) is 10.3. The molecular weight excluding hydrogens is 368 g/mol. The predicted molar refractivity (Wildman–Crippen MR) is 116 cm³/mol. The van der Waals surface area contributed by atoms with Gasteiger partial charge in [0.15, 0.2) is 0 Å². The summed E-state index contributed by atoms with van der Waals surface area (Å²) >= 11 is 1.41. The molecule has 5 heteroatoms. The van der Waals surface area contributed by atoms with Crippen LogP contribution < -0.4 is 10.6 Å². The molecule has 3 rings (SSSR count). The zero-order valence-electron chi connectivity index (χ0n) is 16.4. The van der Waals surface area contributed by atoms with Crippen LogP contribution in [0.15, 0.2) is 53.4 Å². The van der Waals surface area contributed by atoms with Crippen molar-refractivity contribution in [2.75, 3.05) is 17.6 Å². The van der Waals surface area contributed by atoms with E-state index < -0.39 is 0 Å². The quantitative estimate of drug-likeness (QED) is 0.645. The molecule has 2 aromatic rings.